The normalized spacial score (nSPS) is 11.1. The minimum Gasteiger partial charge on any atom is -0.338 e. The second-order valence-electron chi connectivity index (χ2n) is 4.63. The summed E-state index contributed by atoms with van der Waals surface area (Å²) in [5.74, 6) is 0. The van der Waals surface area contributed by atoms with Crippen LogP contribution in [0.15, 0.2) is 24.3 Å². The molecule has 0 radical (unpaired) electrons. The first kappa shape index (κ1) is 14.8. The molecule has 0 aliphatic carbocycles. The monoisotopic (exact) mass is 269 g/mol. The highest BCUT2D eigenvalue weighted by molar-refractivity contribution is 6.31. The van der Waals surface area contributed by atoms with Crippen molar-refractivity contribution in [2.45, 2.75) is 25.8 Å². The molecule has 0 atom stereocenters. The Kier molecular flexibility index (Phi) is 5.44. The van der Waals surface area contributed by atoms with Crippen LogP contribution >= 0.6 is 11.6 Å². The summed E-state index contributed by atoms with van der Waals surface area (Å²) in [6.07, 6.45) is 0.764. The zero-order valence-electron chi connectivity index (χ0n) is 10.8. The molecule has 4 N–H and O–H groups in total. The van der Waals surface area contributed by atoms with E-state index in [9.17, 15) is 4.79 Å². The van der Waals surface area contributed by atoms with E-state index in [4.69, 9.17) is 17.3 Å². The first-order chi connectivity index (χ1) is 8.47. The molecule has 0 aromatic heterocycles. The summed E-state index contributed by atoms with van der Waals surface area (Å²) in [6, 6.07) is 7.27. The predicted octanol–water partition coefficient (Wildman–Crippen LogP) is 2.22. The fourth-order valence-corrected chi connectivity index (χ4v) is 2.04. The van der Waals surface area contributed by atoms with Gasteiger partial charge in [0.05, 0.1) is 5.54 Å². The number of benzene rings is 1. The van der Waals surface area contributed by atoms with Gasteiger partial charge in [-0.05, 0) is 38.4 Å². The van der Waals surface area contributed by atoms with Gasteiger partial charge in [-0.25, -0.2) is 4.79 Å². The van der Waals surface area contributed by atoms with Crippen LogP contribution in [0.25, 0.3) is 0 Å². The summed E-state index contributed by atoms with van der Waals surface area (Å²) >= 11 is 6.13. The van der Waals surface area contributed by atoms with E-state index in [0.29, 0.717) is 18.1 Å². The molecule has 0 bridgehead atoms. The molecule has 0 aliphatic rings. The molecule has 0 spiro atoms. The van der Waals surface area contributed by atoms with Gasteiger partial charge in [-0.15, -0.1) is 0 Å². The molecule has 5 heteroatoms. The molecule has 1 aromatic rings. The zero-order chi connectivity index (χ0) is 13.6. The number of amides is 2. The van der Waals surface area contributed by atoms with Crippen LogP contribution in [-0.2, 0) is 5.54 Å². The van der Waals surface area contributed by atoms with Gasteiger partial charge in [0, 0.05) is 11.6 Å². The molecule has 0 heterocycles. The zero-order valence-corrected chi connectivity index (χ0v) is 11.6. The topological polar surface area (TPSA) is 67.2 Å². The van der Waals surface area contributed by atoms with Crippen LogP contribution in [0.3, 0.4) is 0 Å². The molecule has 1 aromatic carbocycles. The van der Waals surface area contributed by atoms with Gasteiger partial charge in [0.2, 0.25) is 0 Å². The minimum atomic E-state index is -0.523. The van der Waals surface area contributed by atoms with Crippen LogP contribution < -0.4 is 16.4 Å². The summed E-state index contributed by atoms with van der Waals surface area (Å²) in [5.41, 5.74) is 5.73. The quantitative estimate of drug-likeness (QED) is 0.718. The maximum absolute atomic E-state index is 11.7. The van der Waals surface area contributed by atoms with E-state index < -0.39 is 5.54 Å². The van der Waals surface area contributed by atoms with Gasteiger partial charge >= 0.3 is 6.03 Å². The van der Waals surface area contributed by atoms with E-state index in [0.717, 1.165) is 12.0 Å². The van der Waals surface area contributed by atoms with Crippen molar-refractivity contribution in [3.8, 4) is 0 Å². The third-order valence-electron chi connectivity index (χ3n) is 2.64. The Morgan fingerprint density at radius 3 is 2.67 bits per heavy atom. The van der Waals surface area contributed by atoms with E-state index in [-0.39, 0.29) is 6.03 Å². The van der Waals surface area contributed by atoms with E-state index in [2.05, 4.69) is 10.6 Å². The van der Waals surface area contributed by atoms with E-state index in [1.54, 1.807) is 0 Å². The standard InChI is InChI=1S/C13H20ClN3O/c1-13(2,10-6-3-4-7-11(10)14)17-12(18)16-9-5-8-15/h3-4,6-7H,5,8-9,15H2,1-2H3,(H2,16,17,18). The lowest BCUT2D eigenvalue weighted by atomic mass is 9.94. The molecular formula is C13H20ClN3O. The number of hydrogen-bond acceptors (Lipinski definition) is 2. The Labute approximate surface area is 113 Å². The molecule has 0 unspecified atom stereocenters. The van der Waals surface area contributed by atoms with Gasteiger partial charge < -0.3 is 16.4 Å². The third-order valence-corrected chi connectivity index (χ3v) is 2.97. The molecule has 4 nitrogen and oxygen atoms in total. The lowest BCUT2D eigenvalue weighted by Gasteiger charge is -2.28. The lowest BCUT2D eigenvalue weighted by Crippen LogP contribution is -2.47. The molecule has 0 fully saturated rings. The molecule has 0 aliphatic heterocycles. The van der Waals surface area contributed by atoms with Crippen molar-refractivity contribution in [1.29, 1.82) is 0 Å². The maximum Gasteiger partial charge on any atom is 0.315 e. The Balaban J connectivity index is 2.64. The van der Waals surface area contributed by atoms with Gasteiger partial charge in [0.25, 0.3) is 0 Å². The number of nitrogens with two attached hydrogens (primary N) is 1. The van der Waals surface area contributed by atoms with E-state index in [1.165, 1.54) is 0 Å². The van der Waals surface area contributed by atoms with Crippen molar-refractivity contribution >= 4 is 17.6 Å². The van der Waals surface area contributed by atoms with Gasteiger partial charge in [0.15, 0.2) is 0 Å². The Morgan fingerprint density at radius 1 is 1.39 bits per heavy atom. The largest absolute Gasteiger partial charge is 0.338 e. The maximum atomic E-state index is 11.7. The summed E-state index contributed by atoms with van der Waals surface area (Å²) in [4.78, 5) is 11.7. The van der Waals surface area contributed by atoms with Crippen LogP contribution in [-0.4, -0.2) is 19.1 Å². The fourth-order valence-electron chi connectivity index (χ4n) is 1.67. The number of carbonyl (C=O) groups excluding carboxylic acids is 1. The summed E-state index contributed by atoms with van der Waals surface area (Å²) < 4.78 is 0. The van der Waals surface area contributed by atoms with Crippen molar-refractivity contribution < 1.29 is 4.79 Å². The predicted molar refractivity (Wildman–Crippen MR) is 74.7 cm³/mol. The van der Waals surface area contributed by atoms with Crippen LogP contribution in [0.1, 0.15) is 25.8 Å². The third kappa shape index (κ3) is 4.20. The van der Waals surface area contributed by atoms with E-state index >= 15 is 0 Å². The molecule has 100 valence electrons. The highest BCUT2D eigenvalue weighted by atomic mass is 35.5. The minimum absolute atomic E-state index is 0.214. The van der Waals surface area contributed by atoms with Crippen molar-refractivity contribution in [2.75, 3.05) is 13.1 Å². The number of halogens is 1. The average molecular weight is 270 g/mol. The van der Waals surface area contributed by atoms with Gasteiger partial charge in [-0.3, -0.25) is 0 Å². The van der Waals surface area contributed by atoms with Gasteiger partial charge in [-0.2, -0.15) is 0 Å². The second kappa shape index (κ2) is 6.61. The summed E-state index contributed by atoms with van der Waals surface area (Å²) in [5, 5.41) is 6.30. The molecular weight excluding hydrogens is 250 g/mol. The smallest absolute Gasteiger partial charge is 0.315 e. The van der Waals surface area contributed by atoms with Crippen molar-refractivity contribution in [3.63, 3.8) is 0 Å². The van der Waals surface area contributed by atoms with Crippen LogP contribution in [0.2, 0.25) is 5.02 Å². The highest BCUT2D eigenvalue weighted by Gasteiger charge is 2.24. The number of rotatable bonds is 5. The second-order valence-corrected chi connectivity index (χ2v) is 5.04. The van der Waals surface area contributed by atoms with Crippen LogP contribution in [0.5, 0.6) is 0 Å². The Hall–Kier alpha value is -1.26. The average Bonchev–Trinajstić information content (AvgIpc) is 2.29. The number of nitrogens with one attached hydrogen (secondary N) is 2. The van der Waals surface area contributed by atoms with Crippen LogP contribution in [0.4, 0.5) is 4.79 Å². The van der Waals surface area contributed by atoms with Gasteiger partial charge in [0.1, 0.15) is 0 Å². The van der Waals surface area contributed by atoms with Crippen molar-refractivity contribution in [2.24, 2.45) is 5.73 Å². The first-order valence-corrected chi connectivity index (χ1v) is 6.36. The molecule has 1 rings (SSSR count). The summed E-state index contributed by atoms with van der Waals surface area (Å²) in [6.45, 7) is 4.96. The number of urea groups is 1. The Morgan fingerprint density at radius 2 is 2.06 bits per heavy atom. The molecule has 0 saturated heterocycles. The summed E-state index contributed by atoms with van der Waals surface area (Å²) in [7, 11) is 0. The number of hydrogen-bond donors (Lipinski definition) is 3. The fraction of sp³-hybridized carbons (Fsp3) is 0.462. The SMILES string of the molecule is CC(C)(NC(=O)NCCCN)c1ccccc1Cl. The lowest BCUT2D eigenvalue weighted by molar-refractivity contribution is 0.230. The molecule has 2 amide bonds. The van der Waals surface area contributed by atoms with Gasteiger partial charge in [-0.1, -0.05) is 29.8 Å². The number of carbonyl (C=O) groups is 1. The van der Waals surface area contributed by atoms with Crippen LogP contribution in [0, 0.1) is 0 Å². The molecule has 18 heavy (non-hydrogen) atoms. The Bertz CT molecular complexity index is 407. The van der Waals surface area contributed by atoms with Crippen molar-refractivity contribution in [3.05, 3.63) is 34.9 Å². The molecule has 0 saturated carbocycles. The van der Waals surface area contributed by atoms with E-state index in [1.807, 2.05) is 38.1 Å². The first-order valence-electron chi connectivity index (χ1n) is 5.98. The van der Waals surface area contributed by atoms with Crippen molar-refractivity contribution in [1.82, 2.24) is 10.6 Å². The highest BCUT2D eigenvalue weighted by Crippen LogP contribution is 2.27.